The van der Waals surface area contributed by atoms with Gasteiger partial charge in [-0.2, -0.15) is 0 Å². The van der Waals surface area contributed by atoms with Gasteiger partial charge >= 0.3 is 5.97 Å². The summed E-state index contributed by atoms with van der Waals surface area (Å²) in [6.45, 7) is -0.392. The maximum atomic E-state index is 12.1. The number of anilines is 1. The van der Waals surface area contributed by atoms with Gasteiger partial charge in [-0.15, -0.1) is 0 Å². The molecule has 0 aliphatic rings. The molecule has 2 aromatic carbocycles. The van der Waals surface area contributed by atoms with E-state index in [0.29, 0.717) is 5.69 Å². The molecule has 1 aromatic heterocycles. The van der Waals surface area contributed by atoms with E-state index in [1.807, 2.05) is 30.3 Å². The third-order valence-corrected chi connectivity index (χ3v) is 4.42. The van der Waals surface area contributed by atoms with E-state index in [4.69, 9.17) is 16.3 Å². The molecule has 3 aromatic rings. The second-order valence-corrected chi connectivity index (χ2v) is 6.61. The van der Waals surface area contributed by atoms with E-state index >= 15 is 0 Å². The molecule has 24 heavy (non-hydrogen) atoms. The van der Waals surface area contributed by atoms with Crippen LogP contribution in [0.4, 0.5) is 5.69 Å². The van der Waals surface area contributed by atoms with Crippen LogP contribution in [-0.4, -0.2) is 23.5 Å². The van der Waals surface area contributed by atoms with Crippen LogP contribution >= 0.6 is 34.2 Å². The molecule has 5 nitrogen and oxygen atoms in total. The highest BCUT2D eigenvalue weighted by atomic mass is 127. The molecule has 0 saturated carbocycles. The first-order chi connectivity index (χ1) is 11.5. The first kappa shape index (κ1) is 16.8. The normalized spacial score (nSPS) is 10.6. The van der Waals surface area contributed by atoms with Gasteiger partial charge in [0.15, 0.2) is 6.61 Å². The highest BCUT2D eigenvalue weighted by molar-refractivity contribution is 14.1. The molecule has 1 amide bonds. The number of rotatable bonds is 4. The number of hydrogen-bond acceptors (Lipinski definition) is 3. The average molecular weight is 455 g/mol. The lowest BCUT2D eigenvalue weighted by atomic mass is 10.2. The van der Waals surface area contributed by atoms with Crippen LogP contribution in [0.15, 0.2) is 48.5 Å². The van der Waals surface area contributed by atoms with Crippen LogP contribution in [-0.2, 0) is 9.53 Å². The molecule has 0 radical (unpaired) electrons. The largest absolute Gasteiger partial charge is 0.451 e. The van der Waals surface area contributed by atoms with Crippen LogP contribution in [0.25, 0.3) is 10.9 Å². The van der Waals surface area contributed by atoms with Crippen LogP contribution in [0.5, 0.6) is 0 Å². The Labute approximate surface area is 156 Å². The number of amides is 1. The lowest BCUT2D eigenvalue weighted by Crippen LogP contribution is -2.21. The second-order valence-electron chi connectivity index (χ2n) is 4.99. The molecule has 0 aliphatic carbocycles. The number of carbonyl (C=O) groups is 2. The molecule has 7 heteroatoms. The Kier molecular flexibility index (Phi) is 5.06. The molecule has 3 rings (SSSR count). The van der Waals surface area contributed by atoms with Gasteiger partial charge in [0.25, 0.3) is 5.91 Å². The van der Waals surface area contributed by atoms with Gasteiger partial charge in [0.2, 0.25) is 0 Å². The number of fused-ring (bicyclic) bond motifs is 1. The zero-order chi connectivity index (χ0) is 17.1. The van der Waals surface area contributed by atoms with Crippen LogP contribution < -0.4 is 5.32 Å². The number of halogens is 2. The van der Waals surface area contributed by atoms with Crippen molar-refractivity contribution in [2.75, 3.05) is 11.9 Å². The zero-order valence-electron chi connectivity index (χ0n) is 12.3. The van der Waals surface area contributed by atoms with Crippen molar-refractivity contribution in [3.63, 3.8) is 0 Å². The van der Waals surface area contributed by atoms with Crippen molar-refractivity contribution in [2.24, 2.45) is 0 Å². The van der Waals surface area contributed by atoms with E-state index in [2.05, 4.69) is 32.9 Å². The standard InChI is InChI=1S/C17H12ClIN2O3/c18-15-12-3-1-2-4-13(12)21-16(15)17(23)24-9-14(22)20-11-7-5-10(19)6-8-11/h1-8,21H,9H2,(H,20,22). The van der Waals surface area contributed by atoms with Crippen molar-refractivity contribution in [1.82, 2.24) is 4.98 Å². The number of hydrogen-bond donors (Lipinski definition) is 2. The molecule has 0 spiro atoms. The molecular weight excluding hydrogens is 443 g/mol. The summed E-state index contributed by atoms with van der Waals surface area (Å²) in [6, 6.07) is 14.5. The van der Waals surface area contributed by atoms with Gasteiger partial charge in [-0.05, 0) is 52.9 Å². The summed E-state index contributed by atoms with van der Waals surface area (Å²) >= 11 is 8.35. The number of para-hydroxylation sites is 1. The van der Waals surface area contributed by atoms with Gasteiger partial charge < -0.3 is 15.0 Å². The predicted molar refractivity (Wildman–Crippen MR) is 101 cm³/mol. The molecule has 122 valence electrons. The SMILES string of the molecule is O=C(COC(=O)c1[nH]c2ccccc2c1Cl)Nc1ccc(I)cc1. The van der Waals surface area contributed by atoms with Crippen molar-refractivity contribution in [3.8, 4) is 0 Å². The van der Waals surface area contributed by atoms with E-state index < -0.39 is 18.5 Å². The second kappa shape index (κ2) is 7.23. The molecular formula is C17H12ClIN2O3. The van der Waals surface area contributed by atoms with Gasteiger partial charge in [-0.3, -0.25) is 4.79 Å². The maximum Gasteiger partial charge on any atom is 0.356 e. The summed E-state index contributed by atoms with van der Waals surface area (Å²) in [5.74, 6) is -1.09. The Hall–Kier alpha value is -2.06. The number of benzene rings is 2. The Bertz CT molecular complexity index is 906. The van der Waals surface area contributed by atoms with E-state index in [-0.39, 0.29) is 10.7 Å². The number of H-pyrrole nitrogens is 1. The molecule has 0 fully saturated rings. The Balaban J connectivity index is 1.63. The highest BCUT2D eigenvalue weighted by Crippen LogP contribution is 2.27. The third-order valence-electron chi connectivity index (χ3n) is 3.31. The van der Waals surface area contributed by atoms with E-state index in [1.165, 1.54) is 0 Å². The van der Waals surface area contributed by atoms with Gasteiger partial charge in [-0.25, -0.2) is 4.79 Å². The summed E-state index contributed by atoms with van der Waals surface area (Å²) in [6.07, 6.45) is 0. The van der Waals surface area contributed by atoms with Crippen molar-refractivity contribution in [1.29, 1.82) is 0 Å². The van der Waals surface area contributed by atoms with Gasteiger partial charge in [0, 0.05) is 20.2 Å². The first-order valence-corrected chi connectivity index (χ1v) is 8.49. The van der Waals surface area contributed by atoms with Crippen LogP contribution in [0.3, 0.4) is 0 Å². The number of aromatic amines is 1. The highest BCUT2D eigenvalue weighted by Gasteiger charge is 2.18. The molecule has 0 saturated heterocycles. The minimum absolute atomic E-state index is 0.139. The quantitative estimate of drug-likeness (QED) is 0.458. The molecule has 0 atom stereocenters. The van der Waals surface area contributed by atoms with E-state index in [0.717, 1.165) is 14.5 Å². The molecule has 0 unspecified atom stereocenters. The smallest absolute Gasteiger partial charge is 0.356 e. The molecule has 0 aliphatic heterocycles. The van der Waals surface area contributed by atoms with Gasteiger partial charge in [-0.1, -0.05) is 29.8 Å². The Morgan fingerprint density at radius 1 is 1.12 bits per heavy atom. The van der Waals surface area contributed by atoms with Crippen LogP contribution in [0.1, 0.15) is 10.5 Å². The number of ether oxygens (including phenoxy) is 1. The minimum Gasteiger partial charge on any atom is -0.451 e. The van der Waals surface area contributed by atoms with Crippen molar-refractivity contribution < 1.29 is 14.3 Å². The molecule has 0 bridgehead atoms. The van der Waals surface area contributed by atoms with E-state index in [1.54, 1.807) is 18.2 Å². The number of esters is 1. The fraction of sp³-hybridized carbons (Fsp3) is 0.0588. The first-order valence-electron chi connectivity index (χ1n) is 7.03. The number of nitrogens with one attached hydrogen (secondary N) is 2. The maximum absolute atomic E-state index is 12.1. The average Bonchev–Trinajstić information content (AvgIpc) is 2.92. The summed E-state index contributed by atoms with van der Waals surface area (Å²) in [5, 5.41) is 3.67. The zero-order valence-corrected chi connectivity index (χ0v) is 15.2. The summed E-state index contributed by atoms with van der Waals surface area (Å²) in [7, 11) is 0. The lowest BCUT2D eigenvalue weighted by molar-refractivity contribution is -0.119. The monoisotopic (exact) mass is 454 g/mol. The lowest BCUT2D eigenvalue weighted by Gasteiger charge is -2.06. The van der Waals surface area contributed by atoms with Gasteiger partial charge in [0.05, 0.1) is 5.02 Å². The summed E-state index contributed by atoms with van der Waals surface area (Å²) in [4.78, 5) is 26.9. The number of aromatic nitrogens is 1. The molecule has 2 N–H and O–H groups in total. The topological polar surface area (TPSA) is 71.2 Å². The fourth-order valence-electron chi connectivity index (χ4n) is 2.18. The summed E-state index contributed by atoms with van der Waals surface area (Å²) in [5.41, 5.74) is 1.51. The predicted octanol–water partition coefficient (Wildman–Crippen LogP) is 4.22. The van der Waals surface area contributed by atoms with E-state index in [9.17, 15) is 9.59 Å². The van der Waals surface area contributed by atoms with Crippen LogP contribution in [0.2, 0.25) is 5.02 Å². The Morgan fingerprint density at radius 3 is 2.54 bits per heavy atom. The van der Waals surface area contributed by atoms with Crippen molar-refractivity contribution >= 4 is 62.7 Å². The minimum atomic E-state index is -0.672. The van der Waals surface area contributed by atoms with Crippen molar-refractivity contribution in [2.45, 2.75) is 0 Å². The summed E-state index contributed by atoms with van der Waals surface area (Å²) < 4.78 is 6.09. The van der Waals surface area contributed by atoms with Crippen molar-refractivity contribution in [3.05, 3.63) is 62.8 Å². The third kappa shape index (κ3) is 3.70. The van der Waals surface area contributed by atoms with Gasteiger partial charge in [0.1, 0.15) is 5.69 Å². The number of carbonyl (C=O) groups excluding carboxylic acids is 2. The Morgan fingerprint density at radius 2 is 1.83 bits per heavy atom. The molecule has 1 heterocycles. The fourth-order valence-corrected chi connectivity index (χ4v) is 2.83. The van der Waals surface area contributed by atoms with Crippen LogP contribution in [0, 0.1) is 3.57 Å².